The molecule has 1 N–H and O–H groups in total. The number of hydrogen-bond donors (Lipinski definition) is 1. The summed E-state index contributed by atoms with van der Waals surface area (Å²) in [5.41, 5.74) is -0.189. The summed E-state index contributed by atoms with van der Waals surface area (Å²) in [5.74, 6) is 0.490. The SMILES string of the molecule is CN(C)CCCOc1n[nH]c(=O)c2ccccc12. The highest BCUT2D eigenvalue weighted by Crippen LogP contribution is 2.18. The molecule has 5 nitrogen and oxygen atoms in total. The molecule has 0 unspecified atom stereocenters. The van der Waals surface area contributed by atoms with Crippen LogP contribution >= 0.6 is 0 Å². The van der Waals surface area contributed by atoms with Gasteiger partial charge >= 0.3 is 0 Å². The average molecular weight is 247 g/mol. The lowest BCUT2D eigenvalue weighted by Crippen LogP contribution is -2.16. The van der Waals surface area contributed by atoms with E-state index in [0.29, 0.717) is 17.9 Å². The molecular weight excluding hydrogens is 230 g/mol. The first kappa shape index (κ1) is 12.6. The summed E-state index contributed by atoms with van der Waals surface area (Å²) in [5, 5.41) is 7.76. The van der Waals surface area contributed by atoms with Gasteiger partial charge in [-0.25, -0.2) is 5.10 Å². The third-order valence-electron chi connectivity index (χ3n) is 2.65. The van der Waals surface area contributed by atoms with Gasteiger partial charge in [-0.2, -0.15) is 0 Å². The molecule has 96 valence electrons. The van der Waals surface area contributed by atoms with E-state index >= 15 is 0 Å². The van der Waals surface area contributed by atoms with Crippen molar-refractivity contribution in [3.8, 4) is 5.88 Å². The smallest absolute Gasteiger partial charge is 0.272 e. The third kappa shape index (κ3) is 2.87. The van der Waals surface area contributed by atoms with Gasteiger partial charge in [-0.15, -0.1) is 5.10 Å². The van der Waals surface area contributed by atoms with E-state index in [9.17, 15) is 4.79 Å². The average Bonchev–Trinajstić information content (AvgIpc) is 2.37. The van der Waals surface area contributed by atoms with Gasteiger partial charge in [0.1, 0.15) is 0 Å². The molecule has 0 aliphatic rings. The fraction of sp³-hybridized carbons (Fsp3) is 0.385. The van der Waals surface area contributed by atoms with Crippen LogP contribution in [0.15, 0.2) is 29.1 Å². The Balaban J connectivity index is 2.14. The summed E-state index contributed by atoms with van der Waals surface area (Å²) in [4.78, 5) is 13.7. The molecule has 18 heavy (non-hydrogen) atoms. The summed E-state index contributed by atoms with van der Waals surface area (Å²) in [6, 6.07) is 7.31. The Morgan fingerprint density at radius 1 is 1.28 bits per heavy atom. The largest absolute Gasteiger partial charge is 0.476 e. The van der Waals surface area contributed by atoms with E-state index in [1.165, 1.54) is 0 Å². The van der Waals surface area contributed by atoms with Gasteiger partial charge in [0.25, 0.3) is 5.56 Å². The molecule has 0 aliphatic carbocycles. The summed E-state index contributed by atoms with van der Waals surface area (Å²) in [6.45, 7) is 1.54. The summed E-state index contributed by atoms with van der Waals surface area (Å²) < 4.78 is 5.62. The molecule has 0 aliphatic heterocycles. The van der Waals surface area contributed by atoms with E-state index in [1.54, 1.807) is 6.07 Å². The predicted molar refractivity (Wildman–Crippen MR) is 71.0 cm³/mol. The number of benzene rings is 1. The third-order valence-corrected chi connectivity index (χ3v) is 2.65. The standard InChI is InChI=1S/C13H17N3O2/c1-16(2)8-5-9-18-13-11-7-4-3-6-10(11)12(17)14-15-13/h3-4,6-7H,5,8-9H2,1-2H3,(H,14,17). The minimum Gasteiger partial charge on any atom is -0.476 e. The van der Waals surface area contributed by atoms with Crippen LogP contribution < -0.4 is 10.3 Å². The minimum atomic E-state index is -0.189. The molecule has 0 saturated carbocycles. The second-order valence-corrected chi connectivity index (χ2v) is 4.41. The van der Waals surface area contributed by atoms with Crippen molar-refractivity contribution in [1.82, 2.24) is 15.1 Å². The van der Waals surface area contributed by atoms with Crippen molar-refractivity contribution in [3.63, 3.8) is 0 Å². The quantitative estimate of drug-likeness (QED) is 0.808. The van der Waals surface area contributed by atoms with Gasteiger partial charge in [-0.05, 0) is 32.6 Å². The first-order valence-electron chi connectivity index (χ1n) is 5.93. The number of hydrogen-bond acceptors (Lipinski definition) is 4. The zero-order valence-corrected chi connectivity index (χ0v) is 10.6. The number of aromatic nitrogens is 2. The molecule has 5 heteroatoms. The van der Waals surface area contributed by atoms with Crippen molar-refractivity contribution < 1.29 is 4.74 Å². The number of nitrogens with one attached hydrogen (secondary N) is 1. The fourth-order valence-corrected chi connectivity index (χ4v) is 1.75. The predicted octanol–water partition coefficient (Wildman–Crippen LogP) is 1.25. The second kappa shape index (κ2) is 5.64. The second-order valence-electron chi connectivity index (χ2n) is 4.41. The molecule has 0 amide bonds. The van der Waals surface area contributed by atoms with Crippen LogP contribution in [0.4, 0.5) is 0 Å². The number of aromatic amines is 1. The van der Waals surface area contributed by atoms with E-state index < -0.39 is 0 Å². The van der Waals surface area contributed by atoms with Crippen molar-refractivity contribution in [1.29, 1.82) is 0 Å². The van der Waals surface area contributed by atoms with Gasteiger partial charge in [-0.3, -0.25) is 4.79 Å². The van der Waals surface area contributed by atoms with Crippen LogP contribution in [0.2, 0.25) is 0 Å². The Kier molecular flexibility index (Phi) is 3.94. The lowest BCUT2D eigenvalue weighted by atomic mass is 10.2. The highest BCUT2D eigenvalue weighted by molar-refractivity contribution is 5.85. The Labute approximate surface area is 105 Å². The van der Waals surface area contributed by atoms with Gasteiger partial charge in [0, 0.05) is 6.54 Å². The number of rotatable bonds is 5. The van der Waals surface area contributed by atoms with Crippen LogP contribution in [0.3, 0.4) is 0 Å². The topological polar surface area (TPSA) is 58.2 Å². The first-order chi connectivity index (χ1) is 8.68. The molecule has 0 atom stereocenters. The summed E-state index contributed by atoms with van der Waals surface area (Å²) in [7, 11) is 4.04. The molecular formula is C13H17N3O2. The fourth-order valence-electron chi connectivity index (χ4n) is 1.75. The Morgan fingerprint density at radius 2 is 2.00 bits per heavy atom. The van der Waals surface area contributed by atoms with E-state index in [2.05, 4.69) is 15.1 Å². The zero-order chi connectivity index (χ0) is 13.0. The van der Waals surface area contributed by atoms with Crippen molar-refractivity contribution in [2.45, 2.75) is 6.42 Å². The minimum absolute atomic E-state index is 0.189. The van der Waals surface area contributed by atoms with Crippen LogP contribution in [-0.4, -0.2) is 42.3 Å². The number of H-pyrrole nitrogens is 1. The highest BCUT2D eigenvalue weighted by Gasteiger charge is 2.06. The Bertz CT molecular complexity index is 578. The van der Waals surface area contributed by atoms with Gasteiger partial charge < -0.3 is 9.64 Å². The zero-order valence-electron chi connectivity index (χ0n) is 10.6. The van der Waals surface area contributed by atoms with Gasteiger partial charge in [0.2, 0.25) is 5.88 Å². The Morgan fingerprint density at radius 3 is 2.72 bits per heavy atom. The molecule has 0 bridgehead atoms. The molecule has 0 fully saturated rings. The lowest BCUT2D eigenvalue weighted by molar-refractivity contribution is 0.273. The maximum Gasteiger partial charge on any atom is 0.272 e. The lowest BCUT2D eigenvalue weighted by Gasteiger charge is -2.10. The molecule has 2 aromatic rings. The molecule has 1 aromatic heterocycles. The normalized spacial score (nSPS) is 11.1. The van der Waals surface area contributed by atoms with Crippen LogP contribution in [0.1, 0.15) is 6.42 Å². The highest BCUT2D eigenvalue weighted by atomic mass is 16.5. The number of fused-ring (bicyclic) bond motifs is 1. The van der Waals surface area contributed by atoms with Crippen LogP contribution in [0.5, 0.6) is 5.88 Å². The molecule has 2 rings (SSSR count). The van der Waals surface area contributed by atoms with Crippen LogP contribution in [0.25, 0.3) is 10.8 Å². The molecule has 1 heterocycles. The maximum atomic E-state index is 11.6. The van der Waals surface area contributed by atoms with Crippen molar-refractivity contribution >= 4 is 10.8 Å². The summed E-state index contributed by atoms with van der Waals surface area (Å²) >= 11 is 0. The van der Waals surface area contributed by atoms with E-state index in [-0.39, 0.29) is 5.56 Å². The van der Waals surface area contributed by atoms with Crippen molar-refractivity contribution in [2.75, 3.05) is 27.2 Å². The molecule has 1 aromatic carbocycles. The van der Waals surface area contributed by atoms with Crippen molar-refractivity contribution in [2.24, 2.45) is 0 Å². The van der Waals surface area contributed by atoms with Gasteiger partial charge in [0.15, 0.2) is 0 Å². The maximum absolute atomic E-state index is 11.6. The molecule has 0 spiro atoms. The van der Waals surface area contributed by atoms with E-state index in [0.717, 1.165) is 18.4 Å². The van der Waals surface area contributed by atoms with Gasteiger partial charge in [-0.1, -0.05) is 12.1 Å². The molecule has 0 saturated heterocycles. The van der Waals surface area contributed by atoms with E-state index in [4.69, 9.17) is 4.74 Å². The number of ether oxygens (including phenoxy) is 1. The first-order valence-corrected chi connectivity index (χ1v) is 5.93. The van der Waals surface area contributed by atoms with Crippen LogP contribution in [-0.2, 0) is 0 Å². The number of nitrogens with zero attached hydrogens (tertiary/aromatic N) is 2. The molecule has 0 radical (unpaired) electrons. The van der Waals surface area contributed by atoms with Crippen LogP contribution in [0, 0.1) is 0 Å². The monoisotopic (exact) mass is 247 g/mol. The van der Waals surface area contributed by atoms with Gasteiger partial charge in [0.05, 0.1) is 17.4 Å². The van der Waals surface area contributed by atoms with Crippen molar-refractivity contribution in [3.05, 3.63) is 34.6 Å². The van der Waals surface area contributed by atoms with E-state index in [1.807, 2.05) is 32.3 Å². The Hall–Kier alpha value is -1.88. The summed E-state index contributed by atoms with van der Waals surface area (Å²) in [6.07, 6.45) is 0.919.